The van der Waals surface area contributed by atoms with Crippen molar-refractivity contribution in [3.05, 3.63) is 29.6 Å². The Morgan fingerprint density at radius 1 is 1.38 bits per heavy atom. The van der Waals surface area contributed by atoms with Gasteiger partial charge in [0, 0.05) is 31.9 Å². The molecule has 0 aliphatic carbocycles. The second-order valence-electron chi connectivity index (χ2n) is 4.48. The maximum absolute atomic E-state index is 12.4. The van der Waals surface area contributed by atoms with Crippen LogP contribution in [0.15, 0.2) is 18.3 Å². The van der Waals surface area contributed by atoms with Gasteiger partial charge >= 0.3 is 6.18 Å². The smallest absolute Gasteiger partial charge is 0.333 e. The van der Waals surface area contributed by atoms with Gasteiger partial charge in [0.25, 0.3) is 5.91 Å². The number of carbonyl (C=O) groups excluding carboxylic acids is 1. The molecule has 0 saturated carbocycles. The van der Waals surface area contributed by atoms with Crippen molar-refractivity contribution in [3.63, 3.8) is 0 Å². The fourth-order valence-electron chi connectivity index (χ4n) is 2.00. The standard InChI is InChI=1S/C12H14F3N3O.2ClH/c1-8-6-16-4-5-18(8)11(19)9-2-3-10(17-7-9)12(13,14)15;;/h2-3,7-8,16H,4-6H2,1H3;2*1H/t8-;;/m0../s1. The summed E-state index contributed by atoms with van der Waals surface area (Å²) < 4.78 is 37.1. The molecule has 0 aromatic carbocycles. The van der Waals surface area contributed by atoms with Crippen LogP contribution in [-0.4, -0.2) is 41.5 Å². The number of amides is 1. The van der Waals surface area contributed by atoms with E-state index < -0.39 is 11.9 Å². The number of nitrogens with zero attached hydrogens (tertiary/aromatic N) is 2. The summed E-state index contributed by atoms with van der Waals surface area (Å²) in [6, 6.07) is 2.02. The van der Waals surface area contributed by atoms with E-state index in [2.05, 4.69) is 10.3 Å². The lowest BCUT2D eigenvalue weighted by Gasteiger charge is -2.34. The molecule has 0 unspecified atom stereocenters. The highest BCUT2D eigenvalue weighted by molar-refractivity contribution is 5.94. The van der Waals surface area contributed by atoms with Crippen molar-refractivity contribution in [2.45, 2.75) is 19.1 Å². The van der Waals surface area contributed by atoms with E-state index in [4.69, 9.17) is 0 Å². The van der Waals surface area contributed by atoms with Crippen LogP contribution in [0.1, 0.15) is 23.0 Å². The van der Waals surface area contributed by atoms with Gasteiger partial charge < -0.3 is 10.2 Å². The van der Waals surface area contributed by atoms with Gasteiger partial charge in [-0.3, -0.25) is 9.78 Å². The molecule has 2 rings (SSSR count). The monoisotopic (exact) mass is 345 g/mol. The number of pyridine rings is 1. The van der Waals surface area contributed by atoms with Gasteiger partial charge in [0.05, 0.1) is 5.56 Å². The first-order valence-corrected chi connectivity index (χ1v) is 5.94. The van der Waals surface area contributed by atoms with Gasteiger partial charge in [0.15, 0.2) is 0 Å². The van der Waals surface area contributed by atoms with Crippen LogP contribution in [0.2, 0.25) is 0 Å². The summed E-state index contributed by atoms with van der Waals surface area (Å²) in [4.78, 5) is 17.1. The number of piperazine rings is 1. The Labute approximate surface area is 132 Å². The first-order chi connectivity index (χ1) is 8.89. The van der Waals surface area contributed by atoms with E-state index in [1.807, 2.05) is 6.92 Å². The summed E-state index contributed by atoms with van der Waals surface area (Å²) in [6.45, 7) is 3.80. The third-order valence-corrected chi connectivity index (χ3v) is 3.06. The fraction of sp³-hybridized carbons (Fsp3) is 0.500. The molecule has 1 aromatic rings. The van der Waals surface area contributed by atoms with Crippen molar-refractivity contribution in [2.75, 3.05) is 19.6 Å². The summed E-state index contributed by atoms with van der Waals surface area (Å²) in [7, 11) is 0. The molecule has 1 aromatic heterocycles. The second-order valence-corrected chi connectivity index (χ2v) is 4.48. The molecular weight excluding hydrogens is 330 g/mol. The van der Waals surface area contributed by atoms with Gasteiger partial charge in [0.1, 0.15) is 5.69 Å². The minimum absolute atomic E-state index is 0. The summed E-state index contributed by atoms with van der Waals surface area (Å²) in [6.07, 6.45) is -3.50. The second kappa shape index (κ2) is 7.82. The highest BCUT2D eigenvalue weighted by Crippen LogP contribution is 2.27. The topological polar surface area (TPSA) is 45.2 Å². The fourth-order valence-corrected chi connectivity index (χ4v) is 2.00. The van der Waals surface area contributed by atoms with Crippen LogP contribution in [-0.2, 0) is 6.18 Å². The number of carbonyl (C=O) groups is 1. The third kappa shape index (κ3) is 4.72. The molecule has 1 saturated heterocycles. The summed E-state index contributed by atoms with van der Waals surface area (Å²) in [5.74, 6) is -0.282. The summed E-state index contributed by atoms with van der Waals surface area (Å²) >= 11 is 0. The zero-order valence-electron chi connectivity index (χ0n) is 11.2. The maximum atomic E-state index is 12.4. The lowest BCUT2D eigenvalue weighted by molar-refractivity contribution is -0.141. The molecule has 9 heteroatoms. The number of aromatic nitrogens is 1. The highest BCUT2D eigenvalue weighted by atomic mass is 35.5. The number of alkyl halides is 3. The van der Waals surface area contributed by atoms with Crippen LogP contribution in [0.5, 0.6) is 0 Å². The normalized spacial score (nSPS) is 18.5. The van der Waals surface area contributed by atoms with Gasteiger partial charge in [-0.2, -0.15) is 13.2 Å². The third-order valence-electron chi connectivity index (χ3n) is 3.06. The Kier molecular flexibility index (Phi) is 7.43. The molecule has 2 heterocycles. The molecule has 1 amide bonds. The molecule has 1 aliphatic rings. The minimum atomic E-state index is -4.48. The van der Waals surface area contributed by atoms with Crippen LogP contribution in [0.3, 0.4) is 0 Å². The van der Waals surface area contributed by atoms with Crippen molar-refractivity contribution in [2.24, 2.45) is 0 Å². The minimum Gasteiger partial charge on any atom is -0.333 e. The van der Waals surface area contributed by atoms with Gasteiger partial charge in [-0.15, -0.1) is 24.8 Å². The quantitative estimate of drug-likeness (QED) is 0.849. The van der Waals surface area contributed by atoms with E-state index in [1.165, 1.54) is 6.07 Å². The Balaban J connectivity index is 0.00000200. The van der Waals surface area contributed by atoms with Crippen molar-refractivity contribution >= 4 is 30.7 Å². The molecule has 0 radical (unpaired) electrons. The van der Waals surface area contributed by atoms with E-state index in [0.717, 1.165) is 12.3 Å². The number of hydrogen-bond acceptors (Lipinski definition) is 3. The maximum Gasteiger partial charge on any atom is 0.433 e. The number of halogens is 5. The van der Waals surface area contributed by atoms with E-state index in [9.17, 15) is 18.0 Å². The SMILES string of the molecule is C[C@H]1CNCCN1C(=O)c1ccc(C(F)(F)F)nc1.Cl.Cl. The average Bonchev–Trinajstić information content (AvgIpc) is 2.38. The summed E-state index contributed by atoms with van der Waals surface area (Å²) in [5, 5.41) is 3.14. The predicted octanol–water partition coefficient (Wildman–Crippen LogP) is 2.38. The number of nitrogens with one attached hydrogen (secondary N) is 1. The molecule has 1 N–H and O–H groups in total. The van der Waals surface area contributed by atoms with Gasteiger partial charge in [0.2, 0.25) is 0 Å². The van der Waals surface area contributed by atoms with Crippen molar-refractivity contribution in [1.29, 1.82) is 0 Å². The van der Waals surface area contributed by atoms with Crippen LogP contribution in [0.4, 0.5) is 13.2 Å². The number of hydrogen-bond donors (Lipinski definition) is 1. The highest BCUT2D eigenvalue weighted by Gasteiger charge is 2.32. The first-order valence-electron chi connectivity index (χ1n) is 5.94. The van der Waals surface area contributed by atoms with Crippen molar-refractivity contribution in [3.8, 4) is 0 Å². The van der Waals surface area contributed by atoms with E-state index in [1.54, 1.807) is 4.90 Å². The molecular formula is C12H16Cl2F3N3O. The van der Waals surface area contributed by atoms with Gasteiger partial charge in [-0.1, -0.05) is 0 Å². The van der Waals surface area contributed by atoms with Crippen LogP contribution in [0.25, 0.3) is 0 Å². The Morgan fingerprint density at radius 2 is 2.05 bits per heavy atom. The zero-order chi connectivity index (χ0) is 14.0. The number of rotatable bonds is 1. The summed E-state index contributed by atoms with van der Waals surface area (Å²) in [5.41, 5.74) is -0.806. The van der Waals surface area contributed by atoms with Gasteiger partial charge in [-0.25, -0.2) is 0 Å². The van der Waals surface area contributed by atoms with Crippen molar-refractivity contribution in [1.82, 2.24) is 15.2 Å². The van der Waals surface area contributed by atoms with Crippen LogP contribution >= 0.6 is 24.8 Å². The van der Waals surface area contributed by atoms with Crippen molar-refractivity contribution < 1.29 is 18.0 Å². The zero-order valence-corrected chi connectivity index (χ0v) is 12.8. The lowest BCUT2D eigenvalue weighted by Crippen LogP contribution is -2.52. The molecule has 4 nitrogen and oxygen atoms in total. The van der Waals surface area contributed by atoms with E-state index >= 15 is 0 Å². The Hall–Kier alpha value is -1.05. The molecule has 0 spiro atoms. The van der Waals surface area contributed by atoms with Gasteiger partial charge in [-0.05, 0) is 19.1 Å². The average molecular weight is 346 g/mol. The lowest BCUT2D eigenvalue weighted by atomic mass is 10.1. The van der Waals surface area contributed by atoms with Crippen LogP contribution < -0.4 is 5.32 Å². The largest absolute Gasteiger partial charge is 0.433 e. The predicted molar refractivity (Wildman–Crippen MR) is 77.1 cm³/mol. The molecule has 120 valence electrons. The first kappa shape index (κ1) is 19.9. The molecule has 1 aliphatic heterocycles. The van der Waals surface area contributed by atoms with E-state index in [-0.39, 0.29) is 42.3 Å². The Morgan fingerprint density at radius 3 is 2.52 bits per heavy atom. The molecule has 1 fully saturated rings. The van der Waals surface area contributed by atoms with E-state index in [0.29, 0.717) is 19.6 Å². The molecule has 0 bridgehead atoms. The Bertz CT molecular complexity index is 468. The molecule has 21 heavy (non-hydrogen) atoms. The molecule has 1 atom stereocenters. The van der Waals surface area contributed by atoms with Crippen LogP contribution in [0, 0.1) is 0 Å².